The molecule has 92 valence electrons. The van der Waals surface area contributed by atoms with Crippen LogP contribution < -0.4 is 0 Å². The first kappa shape index (κ1) is 11.0. The molecular weight excluding hydrogens is 196 g/mol. The Hall–Kier alpha value is -0.0800. The molecule has 0 N–H and O–H groups in total. The molecule has 0 amide bonds. The van der Waals surface area contributed by atoms with Crippen molar-refractivity contribution in [2.24, 2.45) is 11.8 Å². The van der Waals surface area contributed by atoms with Crippen LogP contribution in [0.4, 0.5) is 0 Å². The van der Waals surface area contributed by atoms with Gasteiger partial charge in [0.05, 0.1) is 65.2 Å². The average Bonchev–Trinajstić information content (AvgIpc) is 2.10. The third-order valence-corrected chi connectivity index (χ3v) is 5.96. The molecule has 6 aliphatic rings. The Morgan fingerprint density at radius 3 is 1.31 bits per heavy atom. The fraction of sp³-hybridized carbons (Fsp3) is 1.00. The molecule has 5 heterocycles. The number of nitrogens with zero attached hydrogens (tertiary/aromatic N) is 2. The molecule has 2 heteroatoms. The lowest BCUT2D eigenvalue weighted by Crippen LogP contribution is -2.70. The van der Waals surface area contributed by atoms with Crippen molar-refractivity contribution in [1.82, 2.24) is 0 Å². The van der Waals surface area contributed by atoms with E-state index in [1.807, 2.05) is 0 Å². The Labute approximate surface area is 100 Å². The Morgan fingerprint density at radius 2 is 1.00 bits per heavy atom. The quantitative estimate of drug-likeness (QED) is 0.550. The molecule has 5 saturated heterocycles. The molecule has 0 radical (unpaired) electrons. The highest BCUT2D eigenvalue weighted by Gasteiger charge is 2.55. The maximum absolute atomic E-state index is 2.48. The second-order valence-electron chi connectivity index (χ2n) is 7.73. The zero-order chi connectivity index (χ0) is 11.6. The van der Waals surface area contributed by atoms with Crippen LogP contribution in [0.15, 0.2) is 0 Å². The molecule has 1 aliphatic carbocycles. The first-order chi connectivity index (χ1) is 7.40. The predicted octanol–water partition coefficient (Wildman–Crippen LogP) is 1.71. The second kappa shape index (κ2) is 3.23. The zero-order valence-electron chi connectivity index (χ0n) is 11.4. The van der Waals surface area contributed by atoms with Gasteiger partial charge >= 0.3 is 0 Å². The van der Waals surface area contributed by atoms with Crippen LogP contribution >= 0.6 is 0 Å². The van der Waals surface area contributed by atoms with Crippen LogP contribution in [0.1, 0.15) is 25.7 Å². The first-order valence-electron chi connectivity index (χ1n) is 7.05. The van der Waals surface area contributed by atoms with Gasteiger partial charge in [-0.05, 0) is 12.8 Å². The van der Waals surface area contributed by atoms with Crippen LogP contribution in [0.3, 0.4) is 0 Å². The second-order valence-corrected chi connectivity index (χ2v) is 7.73. The van der Waals surface area contributed by atoms with Crippen molar-refractivity contribution >= 4 is 0 Å². The Morgan fingerprint density at radius 1 is 0.625 bits per heavy atom. The minimum Gasteiger partial charge on any atom is -0.325 e. The molecular formula is C14H28N2+2. The molecule has 0 spiro atoms. The maximum Gasteiger partial charge on any atom is 0.0969 e. The third-order valence-electron chi connectivity index (χ3n) is 5.96. The highest BCUT2D eigenvalue weighted by atomic mass is 15.4. The van der Waals surface area contributed by atoms with E-state index in [-0.39, 0.29) is 0 Å². The molecule has 0 aromatic carbocycles. The summed E-state index contributed by atoms with van der Waals surface area (Å²) in [5, 5.41) is 0. The van der Waals surface area contributed by atoms with Crippen molar-refractivity contribution in [2.45, 2.75) is 37.8 Å². The number of hydrogen-bond acceptors (Lipinski definition) is 0. The van der Waals surface area contributed by atoms with E-state index in [9.17, 15) is 0 Å². The van der Waals surface area contributed by atoms with Crippen LogP contribution in [0.5, 0.6) is 0 Å². The van der Waals surface area contributed by atoms with E-state index in [0.717, 1.165) is 23.9 Å². The standard InChI is InChI=1S/C14H28N2/c1-15(2)9-11-5-7-13(15)12-6-8-14(11)16(3,4)10-12/h11-14H,5-10H2,1-4H3/q+2/t11-,12-,13+,14+/m1/s1. The number of rotatable bonds is 0. The van der Waals surface area contributed by atoms with Crippen LogP contribution in [0, 0.1) is 11.8 Å². The van der Waals surface area contributed by atoms with Crippen molar-refractivity contribution in [3.63, 3.8) is 0 Å². The van der Waals surface area contributed by atoms with Gasteiger partial charge in [-0.15, -0.1) is 0 Å². The number of quaternary nitrogens is 2. The van der Waals surface area contributed by atoms with Crippen molar-refractivity contribution in [2.75, 3.05) is 41.3 Å². The minimum atomic E-state index is 0.954. The van der Waals surface area contributed by atoms with Gasteiger partial charge in [-0.2, -0.15) is 0 Å². The largest absolute Gasteiger partial charge is 0.325 e. The van der Waals surface area contributed by atoms with E-state index in [1.165, 1.54) is 47.7 Å². The summed E-state index contributed by atoms with van der Waals surface area (Å²) >= 11 is 0. The summed E-state index contributed by atoms with van der Waals surface area (Å²) in [4.78, 5) is 0. The molecule has 5 aliphatic heterocycles. The lowest BCUT2D eigenvalue weighted by Gasteiger charge is -2.59. The highest BCUT2D eigenvalue weighted by molar-refractivity contribution is 4.89. The monoisotopic (exact) mass is 224 g/mol. The van der Waals surface area contributed by atoms with E-state index < -0.39 is 0 Å². The fourth-order valence-corrected chi connectivity index (χ4v) is 5.37. The van der Waals surface area contributed by atoms with E-state index in [4.69, 9.17) is 0 Å². The van der Waals surface area contributed by atoms with Gasteiger partial charge in [0.1, 0.15) is 0 Å². The molecule has 16 heavy (non-hydrogen) atoms. The van der Waals surface area contributed by atoms with E-state index in [0.29, 0.717) is 0 Å². The summed E-state index contributed by atoms with van der Waals surface area (Å²) in [6.45, 7) is 2.88. The fourth-order valence-electron chi connectivity index (χ4n) is 5.37. The smallest absolute Gasteiger partial charge is 0.0969 e. The Balaban J connectivity index is 1.99. The number of hydrogen-bond donors (Lipinski definition) is 0. The normalized spacial score (nSPS) is 48.8. The highest BCUT2D eigenvalue weighted by Crippen LogP contribution is 2.45. The molecule has 1 saturated carbocycles. The zero-order valence-corrected chi connectivity index (χ0v) is 11.4. The van der Waals surface area contributed by atoms with E-state index in [2.05, 4.69) is 28.2 Å². The average molecular weight is 224 g/mol. The van der Waals surface area contributed by atoms with Gasteiger partial charge in [-0.3, -0.25) is 0 Å². The number of piperidine rings is 2. The molecule has 0 aromatic rings. The molecule has 4 atom stereocenters. The topological polar surface area (TPSA) is 0 Å². The van der Waals surface area contributed by atoms with Gasteiger partial charge in [-0.25, -0.2) is 0 Å². The summed E-state index contributed by atoms with van der Waals surface area (Å²) in [6, 6.07) is 1.91. The SMILES string of the molecule is C[N+]1(C)C[C@H]2CC[C@H]1[C@@H]1CC[C@@H]2[N+](C)(C)C1. The van der Waals surface area contributed by atoms with Crippen molar-refractivity contribution in [1.29, 1.82) is 0 Å². The first-order valence-corrected chi connectivity index (χ1v) is 7.05. The summed E-state index contributed by atoms with van der Waals surface area (Å²) in [7, 11) is 9.93. The summed E-state index contributed by atoms with van der Waals surface area (Å²) in [5.41, 5.74) is 0. The van der Waals surface area contributed by atoms with Gasteiger partial charge in [0, 0.05) is 12.8 Å². The van der Waals surface area contributed by atoms with Gasteiger partial charge in [0.25, 0.3) is 0 Å². The van der Waals surface area contributed by atoms with Gasteiger partial charge < -0.3 is 8.97 Å². The molecule has 0 unspecified atom stereocenters. The van der Waals surface area contributed by atoms with Crippen molar-refractivity contribution < 1.29 is 8.97 Å². The van der Waals surface area contributed by atoms with Crippen LogP contribution in [-0.4, -0.2) is 62.3 Å². The lowest BCUT2D eigenvalue weighted by atomic mass is 9.70. The molecule has 6 rings (SSSR count). The predicted molar refractivity (Wildman–Crippen MR) is 67.0 cm³/mol. The van der Waals surface area contributed by atoms with Crippen LogP contribution in [0.2, 0.25) is 0 Å². The summed E-state index contributed by atoms with van der Waals surface area (Å²) in [5.74, 6) is 1.98. The van der Waals surface area contributed by atoms with E-state index >= 15 is 0 Å². The maximum atomic E-state index is 2.48. The van der Waals surface area contributed by atoms with Crippen molar-refractivity contribution in [3.8, 4) is 0 Å². The molecule has 4 bridgehead atoms. The molecule has 2 nitrogen and oxygen atoms in total. The van der Waals surface area contributed by atoms with E-state index in [1.54, 1.807) is 0 Å². The summed E-state index contributed by atoms with van der Waals surface area (Å²) in [6.07, 6.45) is 6.02. The molecule has 6 fully saturated rings. The Kier molecular flexibility index (Phi) is 2.23. The van der Waals surface area contributed by atoms with Crippen molar-refractivity contribution in [3.05, 3.63) is 0 Å². The van der Waals surface area contributed by atoms with Crippen LogP contribution in [-0.2, 0) is 0 Å². The summed E-state index contributed by atoms with van der Waals surface area (Å²) < 4.78 is 2.62. The van der Waals surface area contributed by atoms with Gasteiger partial charge in [-0.1, -0.05) is 0 Å². The van der Waals surface area contributed by atoms with Crippen LogP contribution in [0.25, 0.3) is 0 Å². The van der Waals surface area contributed by atoms with Gasteiger partial charge in [0.2, 0.25) is 0 Å². The minimum absolute atomic E-state index is 0.954. The Bertz CT molecular complexity index is 265. The third kappa shape index (κ3) is 1.46. The van der Waals surface area contributed by atoms with Gasteiger partial charge in [0.15, 0.2) is 0 Å². The lowest BCUT2D eigenvalue weighted by molar-refractivity contribution is -0.977. The molecule has 0 aromatic heterocycles.